The molecule has 0 radical (unpaired) electrons. The predicted molar refractivity (Wildman–Crippen MR) is 78.7 cm³/mol. The lowest BCUT2D eigenvalue weighted by molar-refractivity contribution is -0.183. The van der Waals surface area contributed by atoms with Crippen LogP contribution in [0.5, 0.6) is 0 Å². The molecule has 0 amide bonds. The van der Waals surface area contributed by atoms with Crippen molar-refractivity contribution in [3.63, 3.8) is 0 Å². The summed E-state index contributed by atoms with van der Waals surface area (Å²) in [5.41, 5.74) is -0.0256. The van der Waals surface area contributed by atoms with Crippen molar-refractivity contribution in [1.82, 2.24) is 0 Å². The first kappa shape index (κ1) is 14.8. The summed E-state index contributed by atoms with van der Waals surface area (Å²) in [7, 11) is 0. The number of rotatable bonds is 1. The van der Waals surface area contributed by atoms with E-state index < -0.39 is 5.60 Å². The average Bonchev–Trinajstić information content (AvgIpc) is 2.44. The highest BCUT2D eigenvalue weighted by Gasteiger charge is 2.48. The lowest BCUT2D eigenvalue weighted by Crippen LogP contribution is -2.52. The maximum absolute atomic E-state index is 11.2. The zero-order valence-electron chi connectivity index (χ0n) is 13.1. The summed E-state index contributed by atoms with van der Waals surface area (Å²) in [6.07, 6.45) is 8.31. The van der Waals surface area contributed by atoms with Gasteiger partial charge in [-0.3, -0.25) is 0 Å². The molecule has 1 N–H and O–H groups in total. The second-order valence-corrected chi connectivity index (χ2v) is 8.10. The van der Waals surface area contributed by atoms with Crippen molar-refractivity contribution in [3.8, 4) is 0 Å². The van der Waals surface area contributed by atoms with E-state index in [1.807, 2.05) is 0 Å². The fraction of sp³-hybridized carbons (Fsp3) is 1.00. The van der Waals surface area contributed by atoms with E-state index in [0.29, 0.717) is 11.3 Å². The van der Waals surface area contributed by atoms with Crippen LogP contribution in [-0.2, 0) is 9.47 Å². The minimum Gasteiger partial charge on any atom is -0.390 e. The van der Waals surface area contributed by atoms with Crippen molar-refractivity contribution in [2.75, 3.05) is 19.8 Å². The van der Waals surface area contributed by atoms with Gasteiger partial charge in [-0.05, 0) is 62.7 Å². The van der Waals surface area contributed by atoms with Crippen LogP contribution in [0.15, 0.2) is 0 Å². The van der Waals surface area contributed by atoms with Crippen LogP contribution in [-0.4, -0.2) is 36.1 Å². The maximum Gasteiger partial charge on any atom is 0.0730 e. The fourth-order valence-corrected chi connectivity index (χ4v) is 4.35. The van der Waals surface area contributed by atoms with E-state index in [9.17, 15) is 5.11 Å². The van der Waals surface area contributed by atoms with Gasteiger partial charge in [0.2, 0.25) is 0 Å². The van der Waals surface area contributed by atoms with Crippen LogP contribution >= 0.6 is 0 Å². The van der Waals surface area contributed by atoms with Crippen LogP contribution in [0, 0.1) is 11.3 Å². The molecule has 0 aromatic rings. The Morgan fingerprint density at radius 2 is 1.55 bits per heavy atom. The van der Waals surface area contributed by atoms with Crippen LogP contribution in [0.3, 0.4) is 0 Å². The van der Waals surface area contributed by atoms with Crippen molar-refractivity contribution in [3.05, 3.63) is 0 Å². The third-order valence-electron chi connectivity index (χ3n) is 6.13. The predicted octanol–water partition coefficient (Wildman–Crippen LogP) is 3.29. The van der Waals surface area contributed by atoms with E-state index in [0.717, 1.165) is 71.2 Å². The van der Waals surface area contributed by atoms with Gasteiger partial charge in [-0.1, -0.05) is 13.8 Å². The zero-order valence-corrected chi connectivity index (χ0v) is 13.1. The topological polar surface area (TPSA) is 38.7 Å². The second-order valence-electron chi connectivity index (χ2n) is 8.10. The van der Waals surface area contributed by atoms with Gasteiger partial charge in [0.15, 0.2) is 0 Å². The highest BCUT2D eigenvalue weighted by molar-refractivity contribution is 4.99. The summed E-state index contributed by atoms with van der Waals surface area (Å²) in [6, 6.07) is 0. The monoisotopic (exact) mass is 282 g/mol. The summed E-state index contributed by atoms with van der Waals surface area (Å²) < 4.78 is 11.6. The van der Waals surface area contributed by atoms with Gasteiger partial charge < -0.3 is 14.6 Å². The molecule has 20 heavy (non-hydrogen) atoms. The quantitative estimate of drug-likeness (QED) is 0.802. The van der Waals surface area contributed by atoms with Crippen LogP contribution in [0.25, 0.3) is 0 Å². The maximum atomic E-state index is 11.2. The van der Waals surface area contributed by atoms with Gasteiger partial charge in [0.25, 0.3) is 0 Å². The SMILES string of the molecule is CC1(C)CCC(O)(C2CCOC3(CCOCC3)C2)CC1. The Labute approximate surface area is 123 Å². The van der Waals surface area contributed by atoms with Gasteiger partial charge in [-0.25, -0.2) is 0 Å². The Morgan fingerprint density at radius 3 is 2.20 bits per heavy atom. The molecule has 1 spiro atoms. The highest BCUT2D eigenvalue weighted by atomic mass is 16.5. The molecule has 0 aromatic heterocycles. The van der Waals surface area contributed by atoms with Gasteiger partial charge in [-0.2, -0.15) is 0 Å². The summed E-state index contributed by atoms with van der Waals surface area (Å²) >= 11 is 0. The molecule has 1 saturated carbocycles. The van der Waals surface area contributed by atoms with Gasteiger partial charge in [-0.15, -0.1) is 0 Å². The molecule has 1 atom stereocenters. The molecule has 3 rings (SSSR count). The molecule has 116 valence electrons. The molecule has 3 heteroatoms. The van der Waals surface area contributed by atoms with E-state index in [-0.39, 0.29) is 5.60 Å². The van der Waals surface area contributed by atoms with Crippen LogP contribution in [0.4, 0.5) is 0 Å². The molecule has 3 aliphatic rings. The molecule has 0 aromatic carbocycles. The number of aliphatic hydroxyl groups is 1. The molecular weight excluding hydrogens is 252 g/mol. The molecule has 1 aliphatic carbocycles. The number of hydrogen-bond acceptors (Lipinski definition) is 3. The molecule has 3 nitrogen and oxygen atoms in total. The third-order valence-corrected chi connectivity index (χ3v) is 6.13. The summed E-state index contributed by atoms with van der Waals surface area (Å²) in [5.74, 6) is 0.422. The highest BCUT2D eigenvalue weighted by Crippen LogP contribution is 2.49. The van der Waals surface area contributed by atoms with Crippen molar-refractivity contribution in [2.45, 2.75) is 76.4 Å². The molecular formula is C17H30O3. The minimum atomic E-state index is -0.440. The normalized spacial score (nSPS) is 35.9. The van der Waals surface area contributed by atoms with E-state index in [4.69, 9.17) is 9.47 Å². The van der Waals surface area contributed by atoms with E-state index in [1.165, 1.54) is 0 Å². The Balaban J connectivity index is 1.67. The Hall–Kier alpha value is -0.120. The van der Waals surface area contributed by atoms with Crippen molar-refractivity contribution >= 4 is 0 Å². The molecule has 1 unspecified atom stereocenters. The first-order chi connectivity index (χ1) is 9.43. The first-order valence-corrected chi connectivity index (χ1v) is 8.37. The molecule has 3 fully saturated rings. The number of hydrogen-bond donors (Lipinski definition) is 1. The lowest BCUT2D eigenvalue weighted by Gasteiger charge is -2.51. The largest absolute Gasteiger partial charge is 0.390 e. The summed E-state index contributed by atoms with van der Waals surface area (Å²) in [4.78, 5) is 0. The first-order valence-electron chi connectivity index (χ1n) is 8.37. The molecule has 0 bridgehead atoms. The van der Waals surface area contributed by atoms with Crippen molar-refractivity contribution in [1.29, 1.82) is 0 Å². The van der Waals surface area contributed by atoms with Crippen molar-refractivity contribution in [2.24, 2.45) is 11.3 Å². The van der Waals surface area contributed by atoms with Crippen LogP contribution < -0.4 is 0 Å². The third kappa shape index (κ3) is 2.90. The smallest absolute Gasteiger partial charge is 0.0730 e. The molecule has 2 saturated heterocycles. The van der Waals surface area contributed by atoms with E-state index in [2.05, 4.69) is 13.8 Å². The van der Waals surface area contributed by atoms with E-state index in [1.54, 1.807) is 0 Å². The number of ether oxygens (including phenoxy) is 2. The fourth-order valence-electron chi connectivity index (χ4n) is 4.35. The molecule has 2 aliphatic heterocycles. The van der Waals surface area contributed by atoms with Crippen LogP contribution in [0.1, 0.15) is 65.2 Å². The zero-order chi connectivity index (χ0) is 14.3. The Bertz CT molecular complexity index is 329. The van der Waals surface area contributed by atoms with Gasteiger partial charge in [0, 0.05) is 19.8 Å². The molecule has 2 heterocycles. The second kappa shape index (κ2) is 5.26. The van der Waals surface area contributed by atoms with Gasteiger partial charge in [0.1, 0.15) is 0 Å². The van der Waals surface area contributed by atoms with Crippen molar-refractivity contribution < 1.29 is 14.6 Å². The Morgan fingerprint density at radius 1 is 0.900 bits per heavy atom. The average molecular weight is 282 g/mol. The standard InChI is InChI=1S/C17H30O3/c1-15(2)4-6-17(18,7-5-15)14-3-10-20-16(13-14)8-11-19-12-9-16/h14,18H,3-13H2,1-2H3. The van der Waals surface area contributed by atoms with Gasteiger partial charge >= 0.3 is 0 Å². The lowest BCUT2D eigenvalue weighted by atomic mass is 9.63. The minimum absolute atomic E-state index is 0.00383. The van der Waals surface area contributed by atoms with Crippen LogP contribution in [0.2, 0.25) is 0 Å². The Kier molecular flexibility index (Phi) is 3.89. The van der Waals surface area contributed by atoms with E-state index >= 15 is 0 Å². The van der Waals surface area contributed by atoms with Gasteiger partial charge in [0.05, 0.1) is 11.2 Å². The summed E-state index contributed by atoms with van der Waals surface area (Å²) in [5, 5.41) is 11.2. The summed E-state index contributed by atoms with van der Waals surface area (Å²) in [6.45, 7) is 7.11.